The summed E-state index contributed by atoms with van der Waals surface area (Å²) in [6.45, 7) is 0.891. The van der Waals surface area contributed by atoms with Crippen molar-refractivity contribution < 1.29 is 14.3 Å². The quantitative estimate of drug-likeness (QED) is 0.652. The van der Waals surface area contributed by atoms with Crippen LogP contribution >= 0.6 is 11.6 Å². The van der Waals surface area contributed by atoms with Crippen molar-refractivity contribution >= 4 is 29.0 Å². The van der Waals surface area contributed by atoms with Crippen LogP contribution in [0, 0.1) is 0 Å². The topological polar surface area (TPSA) is 72.5 Å². The molecule has 1 amide bonds. The van der Waals surface area contributed by atoms with Gasteiger partial charge in [-0.3, -0.25) is 4.79 Å². The van der Waals surface area contributed by atoms with E-state index >= 15 is 0 Å². The van der Waals surface area contributed by atoms with Crippen molar-refractivity contribution in [2.24, 2.45) is 0 Å². The van der Waals surface area contributed by atoms with Gasteiger partial charge >= 0.3 is 0 Å². The second-order valence-electron chi connectivity index (χ2n) is 6.32. The number of ether oxygens (including phenoxy) is 2. The second kappa shape index (κ2) is 8.19. The third kappa shape index (κ3) is 4.53. The van der Waals surface area contributed by atoms with Crippen LogP contribution in [0.1, 0.15) is 11.1 Å². The number of carbonyl (C=O) groups is 1. The van der Waals surface area contributed by atoms with Crippen LogP contribution in [0.25, 0.3) is 0 Å². The van der Waals surface area contributed by atoms with Crippen LogP contribution in [0.5, 0.6) is 11.5 Å². The second-order valence-corrected chi connectivity index (χ2v) is 6.76. The van der Waals surface area contributed by atoms with Gasteiger partial charge in [-0.05, 0) is 47.5 Å². The first kappa shape index (κ1) is 18.1. The normalized spacial score (nSPS) is 11.9. The largest absolute Gasteiger partial charge is 0.454 e. The van der Waals surface area contributed by atoms with Crippen molar-refractivity contribution in [1.29, 1.82) is 0 Å². The standard InChI is InChI=1S/C21H18ClN3O3/c22-16-4-1-14(2-5-16)10-21(26)25-20-8-6-17(12-24-20)23-11-15-3-7-18-19(9-15)28-13-27-18/h1-9,12,23H,10-11,13H2,(H,24,25,26). The van der Waals surface area contributed by atoms with Gasteiger partial charge < -0.3 is 20.1 Å². The van der Waals surface area contributed by atoms with E-state index in [4.69, 9.17) is 21.1 Å². The van der Waals surface area contributed by atoms with Crippen LogP contribution in [-0.4, -0.2) is 17.7 Å². The van der Waals surface area contributed by atoms with Crippen molar-refractivity contribution in [3.8, 4) is 11.5 Å². The van der Waals surface area contributed by atoms with Crippen molar-refractivity contribution in [1.82, 2.24) is 4.98 Å². The molecule has 2 N–H and O–H groups in total. The molecular formula is C21H18ClN3O3. The lowest BCUT2D eigenvalue weighted by Crippen LogP contribution is -2.15. The van der Waals surface area contributed by atoms with E-state index in [-0.39, 0.29) is 19.1 Å². The fraction of sp³-hybridized carbons (Fsp3) is 0.143. The molecule has 0 saturated heterocycles. The smallest absolute Gasteiger partial charge is 0.231 e. The molecule has 6 nitrogen and oxygen atoms in total. The van der Waals surface area contributed by atoms with Crippen LogP contribution in [-0.2, 0) is 17.8 Å². The molecule has 4 rings (SSSR count). The minimum Gasteiger partial charge on any atom is -0.454 e. The molecular weight excluding hydrogens is 378 g/mol. The first-order valence-corrected chi connectivity index (χ1v) is 9.16. The Morgan fingerprint density at radius 2 is 1.79 bits per heavy atom. The summed E-state index contributed by atoms with van der Waals surface area (Å²) in [4.78, 5) is 16.4. The zero-order valence-corrected chi connectivity index (χ0v) is 15.7. The molecule has 0 radical (unpaired) electrons. The van der Waals surface area contributed by atoms with Gasteiger partial charge in [0, 0.05) is 11.6 Å². The molecule has 0 unspecified atom stereocenters. The molecule has 1 aliphatic rings. The Morgan fingerprint density at radius 3 is 2.57 bits per heavy atom. The van der Waals surface area contributed by atoms with E-state index in [0.29, 0.717) is 17.4 Å². The fourth-order valence-electron chi connectivity index (χ4n) is 2.80. The average molecular weight is 396 g/mol. The van der Waals surface area contributed by atoms with Gasteiger partial charge in [-0.1, -0.05) is 29.8 Å². The third-order valence-corrected chi connectivity index (χ3v) is 4.49. The highest BCUT2D eigenvalue weighted by atomic mass is 35.5. The number of anilines is 2. The van der Waals surface area contributed by atoms with Gasteiger partial charge in [0.25, 0.3) is 0 Å². The third-order valence-electron chi connectivity index (χ3n) is 4.24. The lowest BCUT2D eigenvalue weighted by atomic mass is 10.1. The summed E-state index contributed by atoms with van der Waals surface area (Å²) in [5.74, 6) is 1.91. The van der Waals surface area contributed by atoms with Crippen LogP contribution < -0.4 is 20.1 Å². The predicted molar refractivity (Wildman–Crippen MR) is 108 cm³/mol. The number of aromatic nitrogens is 1. The summed E-state index contributed by atoms with van der Waals surface area (Å²) < 4.78 is 10.7. The molecule has 2 aromatic carbocycles. The zero-order chi connectivity index (χ0) is 19.3. The maximum absolute atomic E-state index is 12.1. The van der Waals surface area contributed by atoms with Crippen LogP contribution in [0.4, 0.5) is 11.5 Å². The van der Waals surface area contributed by atoms with E-state index in [1.54, 1.807) is 24.4 Å². The molecule has 142 valence electrons. The maximum atomic E-state index is 12.1. The summed E-state index contributed by atoms with van der Waals surface area (Å²) in [7, 11) is 0. The SMILES string of the molecule is O=C(Cc1ccc(Cl)cc1)Nc1ccc(NCc2ccc3c(c2)OCO3)cn1. The van der Waals surface area contributed by atoms with Crippen LogP contribution in [0.15, 0.2) is 60.8 Å². The summed E-state index contributed by atoms with van der Waals surface area (Å²) in [6, 6.07) is 16.7. The van der Waals surface area contributed by atoms with Gasteiger partial charge in [-0.25, -0.2) is 4.98 Å². The molecule has 2 heterocycles. The Hall–Kier alpha value is -3.25. The summed E-state index contributed by atoms with van der Waals surface area (Å²) >= 11 is 5.85. The van der Waals surface area contributed by atoms with Gasteiger partial charge in [0.2, 0.25) is 12.7 Å². The first-order valence-electron chi connectivity index (χ1n) is 8.78. The lowest BCUT2D eigenvalue weighted by Gasteiger charge is -2.09. The molecule has 0 fully saturated rings. The highest BCUT2D eigenvalue weighted by Crippen LogP contribution is 2.32. The zero-order valence-electron chi connectivity index (χ0n) is 14.9. The lowest BCUT2D eigenvalue weighted by molar-refractivity contribution is -0.115. The van der Waals surface area contributed by atoms with E-state index in [9.17, 15) is 4.79 Å². The van der Waals surface area contributed by atoms with Crippen molar-refractivity contribution in [3.05, 3.63) is 76.9 Å². The number of amides is 1. The number of nitrogens with one attached hydrogen (secondary N) is 2. The number of rotatable bonds is 6. The first-order chi connectivity index (χ1) is 13.7. The summed E-state index contributed by atoms with van der Waals surface area (Å²) in [5.41, 5.74) is 2.82. The molecule has 7 heteroatoms. The number of hydrogen-bond donors (Lipinski definition) is 2. The fourth-order valence-corrected chi connectivity index (χ4v) is 2.93. The number of halogens is 1. The van der Waals surface area contributed by atoms with E-state index in [1.165, 1.54) is 0 Å². The Kier molecular flexibility index (Phi) is 5.30. The molecule has 1 aromatic heterocycles. The Morgan fingerprint density at radius 1 is 1.00 bits per heavy atom. The van der Waals surface area contributed by atoms with Crippen molar-refractivity contribution in [2.45, 2.75) is 13.0 Å². The minimum absolute atomic E-state index is 0.129. The van der Waals surface area contributed by atoms with Gasteiger partial charge in [-0.15, -0.1) is 0 Å². The van der Waals surface area contributed by atoms with Gasteiger partial charge in [0.05, 0.1) is 18.3 Å². The Balaban J connectivity index is 1.29. The molecule has 3 aromatic rings. The summed E-state index contributed by atoms with van der Waals surface area (Å²) in [5, 5.41) is 6.73. The number of hydrogen-bond acceptors (Lipinski definition) is 5. The number of carbonyl (C=O) groups excluding carboxylic acids is 1. The Labute approximate surface area is 167 Å². The Bertz CT molecular complexity index is 975. The van der Waals surface area contributed by atoms with Gasteiger partial charge in [-0.2, -0.15) is 0 Å². The highest BCUT2D eigenvalue weighted by molar-refractivity contribution is 6.30. The summed E-state index contributed by atoms with van der Waals surface area (Å²) in [6.07, 6.45) is 1.95. The molecule has 0 atom stereocenters. The molecule has 0 aliphatic carbocycles. The van der Waals surface area contributed by atoms with E-state index in [2.05, 4.69) is 15.6 Å². The maximum Gasteiger partial charge on any atom is 0.231 e. The van der Waals surface area contributed by atoms with Gasteiger partial charge in [0.1, 0.15) is 5.82 Å². The molecule has 1 aliphatic heterocycles. The molecule has 0 saturated carbocycles. The van der Waals surface area contributed by atoms with E-state index in [1.807, 2.05) is 36.4 Å². The monoisotopic (exact) mass is 395 g/mol. The van der Waals surface area contributed by atoms with Gasteiger partial charge in [0.15, 0.2) is 11.5 Å². The number of pyridine rings is 1. The minimum atomic E-state index is -0.129. The van der Waals surface area contributed by atoms with E-state index < -0.39 is 0 Å². The number of benzene rings is 2. The van der Waals surface area contributed by atoms with Crippen molar-refractivity contribution in [3.63, 3.8) is 0 Å². The van der Waals surface area contributed by atoms with Crippen LogP contribution in [0.3, 0.4) is 0 Å². The molecule has 28 heavy (non-hydrogen) atoms. The highest BCUT2D eigenvalue weighted by Gasteiger charge is 2.13. The van der Waals surface area contributed by atoms with Crippen molar-refractivity contribution in [2.75, 3.05) is 17.4 Å². The molecule has 0 bridgehead atoms. The average Bonchev–Trinajstić information content (AvgIpc) is 3.17. The van der Waals surface area contributed by atoms with E-state index in [0.717, 1.165) is 28.3 Å². The number of nitrogens with zero attached hydrogens (tertiary/aromatic N) is 1. The molecule has 0 spiro atoms. The number of fused-ring (bicyclic) bond motifs is 1. The van der Waals surface area contributed by atoms with Crippen LogP contribution in [0.2, 0.25) is 5.02 Å². The predicted octanol–water partition coefficient (Wildman–Crippen LogP) is 4.26.